The number of nitrogen functional groups attached to an aromatic ring is 1. The highest BCUT2D eigenvalue weighted by Gasteiger charge is 2.15. The smallest absolute Gasteiger partial charge is 0.150 e. The van der Waals surface area contributed by atoms with Crippen molar-refractivity contribution in [1.82, 2.24) is 9.78 Å². The second-order valence-corrected chi connectivity index (χ2v) is 3.04. The molecule has 1 aromatic heterocycles. The van der Waals surface area contributed by atoms with Gasteiger partial charge in [-0.15, -0.1) is 0 Å². The normalized spacial score (nSPS) is 24.2. The first-order valence-electron chi connectivity index (χ1n) is 4.28. The number of ether oxygens (including phenoxy) is 1. The first-order valence-corrected chi connectivity index (χ1v) is 4.28. The van der Waals surface area contributed by atoms with Crippen LogP contribution < -0.4 is 5.73 Å². The zero-order chi connectivity index (χ0) is 8.39. The molecule has 0 spiro atoms. The maximum atomic E-state index is 5.52. The average molecular weight is 167 g/mol. The predicted octanol–water partition coefficient (Wildman–Crippen LogP) is 1.16. The van der Waals surface area contributed by atoms with Gasteiger partial charge in [-0.1, -0.05) is 0 Å². The number of nitrogens with two attached hydrogens (primary N) is 1. The lowest BCUT2D eigenvalue weighted by Gasteiger charge is -2.22. The molecule has 0 aliphatic carbocycles. The van der Waals surface area contributed by atoms with Gasteiger partial charge in [0.05, 0.1) is 0 Å². The Labute approximate surface area is 71.3 Å². The Morgan fingerprint density at radius 3 is 3.08 bits per heavy atom. The van der Waals surface area contributed by atoms with Gasteiger partial charge in [0.2, 0.25) is 0 Å². The minimum Gasteiger partial charge on any atom is -0.382 e. The van der Waals surface area contributed by atoms with Crippen LogP contribution in [0.25, 0.3) is 0 Å². The monoisotopic (exact) mass is 167 g/mol. The van der Waals surface area contributed by atoms with E-state index in [1.54, 1.807) is 10.7 Å². The zero-order valence-corrected chi connectivity index (χ0v) is 6.94. The number of rotatable bonds is 1. The van der Waals surface area contributed by atoms with Gasteiger partial charge < -0.3 is 10.5 Å². The Balaban J connectivity index is 2.08. The van der Waals surface area contributed by atoms with E-state index in [1.807, 2.05) is 6.20 Å². The van der Waals surface area contributed by atoms with Crippen molar-refractivity contribution in [2.24, 2.45) is 0 Å². The van der Waals surface area contributed by atoms with Crippen LogP contribution in [-0.2, 0) is 4.74 Å². The fourth-order valence-corrected chi connectivity index (χ4v) is 1.45. The van der Waals surface area contributed by atoms with Crippen LogP contribution in [0, 0.1) is 0 Å². The van der Waals surface area contributed by atoms with Crippen molar-refractivity contribution in [3.63, 3.8) is 0 Å². The molecule has 4 heteroatoms. The van der Waals surface area contributed by atoms with Crippen LogP contribution in [0.4, 0.5) is 5.82 Å². The second-order valence-electron chi connectivity index (χ2n) is 3.04. The van der Waals surface area contributed by atoms with Gasteiger partial charge in [0.25, 0.3) is 0 Å². The van der Waals surface area contributed by atoms with Crippen LogP contribution in [-0.4, -0.2) is 16.4 Å². The molecule has 0 bridgehead atoms. The quantitative estimate of drug-likeness (QED) is 0.683. The third-order valence-electron chi connectivity index (χ3n) is 2.08. The van der Waals surface area contributed by atoms with Crippen molar-refractivity contribution in [3.8, 4) is 0 Å². The number of anilines is 1. The molecule has 1 aliphatic rings. The van der Waals surface area contributed by atoms with Gasteiger partial charge in [-0.05, 0) is 19.3 Å². The maximum absolute atomic E-state index is 5.52. The van der Waals surface area contributed by atoms with Gasteiger partial charge in [-0.2, -0.15) is 5.10 Å². The van der Waals surface area contributed by atoms with Crippen molar-refractivity contribution in [3.05, 3.63) is 12.3 Å². The van der Waals surface area contributed by atoms with Crippen molar-refractivity contribution < 1.29 is 4.74 Å². The molecule has 1 aliphatic heterocycles. The first-order chi connectivity index (χ1) is 5.86. The maximum Gasteiger partial charge on any atom is 0.150 e. The summed E-state index contributed by atoms with van der Waals surface area (Å²) in [5.41, 5.74) is 5.50. The summed E-state index contributed by atoms with van der Waals surface area (Å²) in [7, 11) is 0. The summed E-state index contributed by atoms with van der Waals surface area (Å²) in [6, 6.07) is 1.79. The number of aromatic nitrogens is 2. The van der Waals surface area contributed by atoms with Gasteiger partial charge in [0.15, 0.2) is 0 Å². The van der Waals surface area contributed by atoms with Gasteiger partial charge in [-0.25, -0.2) is 4.68 Å². The lowest BCUT2D eigenvalue weighted by Crippen LogP contribution is -2.18. The molecule has 1 unspecified atom stereocenters. The third kappa shape index (κ3) is 1.43. The summed E-state index contributed by atoms with van der Waals surface area (Å²) < 4.78 is 7.32. The van der Waals surface area contributed by atoms with Crippen molar-refractivity contribution in [2.75, 3.05) is 12.3 Å². The molecule has 0 radical (unpaired) electrons. The molecule has 1 atom stereocenters. The van der Waals surface area contributed by atoms with Gasteiger partial charge in [-0.3, -0.25) is 0 Å². The summed E-state index contributed by atoms with van der Waals surface area (Å²) in [5, 5.41) is 4.10. The molecule has 66 valence electrons. The van der Waals surface area contributed by atoms with E-state index in [4.69, 9.17) is 10.5 Å². The molecule has 12 heavy (non-hydrogen) atoms. The number of hydrogen-bond donors (Lipinski definition) is 1. The molecular formula is C8H13N3O. The van der Waals surface area contributed by atoms with Crippen molar-refractivity contribution >= 4 is 5.82 Å². The molecule has 0 saturated carbocycles. The number of nitrogens with zero attached hydrogens (tertiary/aromatic N) is 2. The van der Waals surface area contributed by atoms with Crippen LogP contribution in [0.5, 0.6) is 0 Å². The zero-order valence-electron chi connectivity index (χ0n) is 6.94. The van der Waals surface area contributed by atoms with Gasteiger partial charge >= 0.3 is 0 Å². The molecule has 4 nitrogen and oxygen atoms in total. The summed E-state index contributed by atoms with van der Waals surface area (Å²) in [5.74, 6) is 0.559. The standard InChI is InChI=1S/C8H13N3O/c9-7-4-5-11(10-7)8-3-1-2-6-12-8/h4-5,8H,1-3,6H2,(H2,9,10). The second kappa shape index (κ2) is 3.15. The lowest BCUT2D eigenvalue weighted by molar-refractivity contribution is -0.0393. The predicted molar refractivity (Wildman–Crippen MR) is 45.5 cm³/mol. The summed E-state index contributed by atoms with van der Waals surface area (Å²) >= 11 is 0. The first kappa shape index (κ1) is 7.61. The Bertz CT molecular complexity index is 253. The lowest BCUT2D eigenvalue weighted by atomic mass is 10.2. The van der Waals surface area contributed by atoms with E-state index >= 15 is 0 Å². The summed E-state index contributed by atoms with van der Waals surface area (Å²) in [6.07, 6.45) is 5.39. The van der Waals surface area contributed by atoms with Crippen LogP contribution in [0.1, 0.15) is 25.5 Å². The summed E-state index contributed by atoms with van der Waals surface area (Å²) in [6.45, 7) is 0.838. The van der Waals surface area contributed by atoms with E-state index in [2.05, 4.69) is 5.10 Å². The fraction of sp³-hybridized carbons (Fsp3) is 0.625. The Morgan fingerprint density at radius 2 is 2.50 bits per heavy atom. The van der Waals surface area contributed by atoms with Crippen molar-refractivity contribution in [2.45, 2.75) is 25.5 Å². The third-order valence-corrected chi connectivity index (χ3v) is 2.08. The largest absolute Gasteiger partial charge is 0.382 e. The van der Waals surface area contributed by atoms with Crippen LogP contribution >= 0.6 is 0 Å². The molecule has 2 heterocycles. The molecule has 0 amide bonds. The van der Waals surface area contributed by atoms with Crippen LogP contribution in [0.2, 0.25) is 0 Å². The van der Waals surface area contributed by atoms with E-state index in [0.29, 0.717) is 5.82 Å². The molecule has 2 rings (SSSR count). The van der Waals surface area contributed by atoms with E-state index < -0.39 is 0 Å². The van der Waals surface area contributed by atoms with Gasteiger partial charge in [0.1, 0.15) is 12.0 Å². The minimum absolute atomic E-state index is 0.107. The highest BCUT2D eigenvalue weighted by Crippen LogP contribution is 2.21. The average Bonchev–Trinajstić information content (AvgIpc) is 2.54. The van der Waals surface area contributed by atoms with Crippen molar-refractivity contribution in [1.29, 1.82) is 0 Å². The Morgan fingerprint density at radius 1 is 1.58 bits per heavy atom. The Hall–Kier alpha value is -1.03. The number of hydrogen-bond acceptors (Lipinski definition) is 3. The highest BCUT2D eigenvalue weighted by atomic mass is 16.5. The minimum atomic E-state index is 0.107. The molecule has 0 aromatic carbocycles. The van der Waals surface area contributed by atoms with E-state index in [1.165, 1.54) is 6.42 Å². The SMILES string of the molecule is Nc1ccn(C2CCCCO2)n1. The van der Waals surface area contributed by atoms with Crippen LogP contribution in [0.15, 0.2) is 12.3 Å². The Kier molecular flexibility index (Phi) is 1.99. The fourth-order valence-electron chi connectivity index (χ4n) is 1.45. The molecular weight excluding hydrogens is 154 g/mol. The van der Waals surface area contributed by atoms with Crippen LogP contribution in [0.3, 0.4) is 0 Å². The molecule has 1 aromatic rings. The van der Waals surface area contributed by atoms with E-state index in [0.717, 1.165) is 19.4 Å². The molecule has 1 saturated heterocycles. The van der Waals surface area contributed by atoms with E-state index in [-0.39, 0.29) is 6.23 Å². The highest BCUT2D eigenvalue weighted by molar-refractivity contribution is 5.23. The molecule has 2 N–H and O–H groups in total. The summed E-state index contributed by atoms with van der Waals surface area (Å²) in [4.78, 5) is 0. The van der Waals surface area contributed by atoms with E-state index in [9.17, 15) is 0 Å². The molecule has 1 fully saturated rings. The topological polar surface area (TPSA) is 53.1 Å². The van der Waals surface area contributed by atoms with Gasteiger partial charge in [0, 0.05) is 18.9 Å².